The Labute approximate surface area is 124 Å². The Kier molecular flexibility index (Phi) is 5.72. The van der Waals surface area contributed by atoms with E-state index in [2.05, 4.69) is 10.3 Å². The third-order valence-corrected chi connectivity index (χ3v) is 2.96. The van der Waals surface area contributed by atoms with Crippen molar-refractivity contribution in [1.29, 1.82) is 0 Å². The van der Waals surface area contributed by atoms with Crippen LogP contribution in [0.25, 0.3) is 0 Å². The minimum atomic E-state index is -0.145. The number of nitrogens with zero attached hydrogens (tertiary/aromatic N) is 1. The summed E-state index contributed by atoms with van der Waals surface area (Å²) in [5.74, 6) is 0.515. The van der Waals surface area contributed by atoms with Gasteiger partial charge in [0.05, 0.1) is 0 Å². The number of rotatable bonds is 7. The quantitative estimate of drug-likeness (QED) is 0.803. The maximum atomic E-state index is 11.7. The highest BCUT2D eigenvalue weighted by atomic mass is 16.5. The number of aromatic nitrogens is 1. The zero-order valence-electron chi connectivity index (χ0n) is 11.8. The summed E-state index contributed by atoms with van der Waals surface area (Å²) in [6.07, 6.45) is 2.45. The molecule has 0 bridgehead atoms. The monoisotopic (exact) mass is 285 g/mol. The summed E-state index contributed by atoms with van der Waals surface area (Å²) in [6.45, 7) is 1.05. The average molecular weight is 285 g/mol. The van der Waals surface area contributed by atoms with Crippen molar-refractivity contribution in [1.82, 2.24) is 10.3 Å². The first kappa shape index (κ1) is 15.0. The lowest BCUT2D eigenvalue weighted by atomic mass is 10.2. The molecule has 3 N–H and O–H groups in total. The van der Waals surface area contributed by atoms with Gasteiger partial charge < -0.3 is 15.8 Å². The Morgan fingerprint density at radius 2 is 2.00 bits per heavy atom. The molecule has 0 saturated heterocycles. The average Bonchev–Trinajstić information content (AvgIpc) is 2.54. The lowest BCUT2D eigenvalue weighted by Gasteiger charge is -2.08. The minimum absolute atomic E-state index is 0.00416. The van der Waals surface area contributed by atoms with Crippen LogP contribution in [-0.4, -0.2) is 24.0 Å². The second-order valence-corrected chi connectivity index (χ2v) is 4.56. The summed E-state index contributed by atoms with van der Waals surface area (Å²) >= 11 is 0. The smallest absolute Gasteiger partial charge is 0.257 e. The highest BCUT2D eigenvalue weighted by Crippen LogP contribution is 2.11. The minimum Gasteiger partial charge on any atom is -0.484 e. The molecule has 0 atom stereocenters. The van der Waals surface area contributed by atoms with Crippen molar-refractivity contribution in [2.24, 2.45) is 5.73 Å². The normalized spacial score (nSPS) is 10.1. The van der Waals surface area contributed by atoms with Crippen molar-refractivity contribution < 1.29 is 9.53 Å². The summed E-state index contributed by atoms with van der Waals surface area (Å²) in [5.41, 5.74) is 7.50. The van der Waals surface area contributed by atoms with Crippen LogP contribution < -0.4 is 15.8 Å². The molecule has 2 rings (SSSR count). The molecule has 5 nitrogen and oxygen atoms in total. The first-order chi connectivity index (χ1) is 10.3. The van der Waals surface area contributed by atoms with Crippen LogP contribution >= 0.6 is 0 Å². The lowest BCUT2D eigenvalue weighted by Crippen LogP contribution is -2.30. The van der Waals surface area contributed by atoms with Crippen LogP contribution in [0.4, 0.5) is 0 Å². The van der Waals surface area contributed by atoms with Crippen LogP contribution in [0, 0.1) is 0 Å². The molecule has 0 aliphatic heterocycles. The molecule has 1 aromatic heterocycles. The highest BCUT2D eigenvalue weighted by Gasteiger charge is 2.03. The molecule has 5 heteroatoms. The number of ether oxygens (including phenoxy) is 1. The number of nitrogens with two attached hydrogens (primary N) is 1. The van der Waals surface area contributed by atoms with Gasteiger partial charge in [-0.1, -0.05) is 18.2 Å². The Bertz CT molecular complexity index is 555. The number of carbonyl (C=O) groups excluding carboxylic acids is 1. The zero-order chi connectivity index (χ0) is 14.9. The number of carbonyl (C=O) groups is 1. The van der Waals surface area contributed by atoms with E-state index in [9.17, 15) is 4.79 Å². The molecule has 0 saturated carbocycles. The third-order valence-electron chi connectivity index (χ3n) is 2.96. The predicted molar refractivity (Wildman–Crippen MR) is 80.8 cm³/mol. The highest BCUT2D eigenvalue weighted by molar-refractivity contribution is 5.77. The molecule has 0 radical (unpaired) electrons. The van der Waals surface area contributed by atoms with Gasteiger partial charge in [-0.05, 0) is 29.8 Å². The Morgan fingerprint density at radius 1 is 1.19 bits per heavy atom. The summed E-state index contributed by atoms with van der Waals surface area (Å²) < 4.78 is 5.40. The molecule has 0 spiro atoms. The topological polar surface area (TPSA) is 77.2 Å². The van der Waals surface area contributed by atoms with Crippen molar-refractivity contribution in [3.8, 4) is 5.75 Å². The van der Waals surface area contributed by atoms with Gasteiger partial charge in [0.2, 0.25) is 0 Å². The maximum absolute atomic E-state index is 11.7. The standard InChI is InChI=1S/C16H19N3O2/c17-11-13-4-6-15(7-5-13)21-12-16(20)19-10-8-14-3-1-2-9-18-14/h1-7,9H,8,10-12,17H2,(H,19,20). The van der Waals surface area contributed by atoms with Crippen molar-refractivity contribution in [2.45, 2.75) is 13.0 Å². The van der Waals surface area contributed by atoms with E-state index in [4.69, 9.17) is 10.5 Å². The van der Waals surface area contributed by atoms with Crippen molar-refractivity contribution in [3.63, 3.8) is 0 Å². The molecule has 0 fully saturated rings. The van der Waals surface area contributed by atoms with Crippen LogP contribution in [0.1, 0.15) is 11.3 Å². The first-order valence-corrected chi connectivity index (χ1v) is 6.86. The zero-order valence-corrected chi connectivity index (χ0v) is 11.8. The fourth-order valence-electron chi connectivity index (χ4n) is 1.80. The van der Waals surface area contributed by atoms with Crippen LogP contribution in [-0.2, 0) is 17.8 Å². The van der Waals surface area contributed by atoms with Crippen LogP contribution in [0.5, 0.6) is 5.75 Å². The van der Waals surface area contributed by atoms with E-state index in [1.54, 1.807) is 6.20 Å². The molecular formula is C16H19N3O2. The number of benzene rings is 1. The number of nitrogens with one attached hydrogen (secondary N) is 1. The maximum Gasteiger partial charge on any atom is 0.257 e. The Hall–Kier alpha value is -2.40. The molecule has 21 heavy (non-hydrogen) atoms. The van der Waals surface area contributed by atoms with Crippen molar-refractivity contribution in [3.05, 3.63) is 59.9 Å². The van der Waals surface area contributed by atoms with E-state index < -0.39 is 0 Å². The van der Waals surface area contributed by atoms with Gasteiger partial charge in [-0.15, -0.1) is 0 Å². The molecule has 0 unspecified atom stereocenters. The molecule has 1 aromatic carbocycles. The Balaban J connectivity index is 1.67. The molecule has 0 aliphatic rings. The third kappa shape index (κ3) is 5.24. The van der Waals surface area contributed by atoms with Gasteiger partial charge in [-0.3, -0.25) is 9.78 Å². The molecule has 1 amide bonds. The number of hydrogen-bond donors (Lipinski definition) is 2. The Morgan fingerprint density at radius 3 is 2.67 bits per heavy atom. The number of hydrogen-bond acceptors (Lipinski definition) is 4. The fraction of sp³-hybridized carbons (Fsp3) is 0.250. The van der Waals surface area contributed by atoms with E-state index in [-0.39, 0.29) is 12.5 Å². The summed E-state index contributed by atoms with van der Waals surface area (Å²) in [4.78, 5) is 15.8. The van der Waals surface area contributed by atoms with E-state index in [0.29, 0.717) is 25.3 Å². The van der Waals surface area contributed by atoms with Gasteiger partial charge in [0.15, 0.2) is 6.61 Å². The van der Waals surface area contributed by atoms with Crippen LogP contribution in [0.2, 0.25) is 0 Å². The van der Waals surface area contributed by atoms with Gasteiger partial charge >= 0.3 is 0 Å². The van der Waals surface area contributed by atoms with Gasteiger partial charge in [-0.25, -0.2) is 0 Å². The molecule has 1 heterocycles. The number of pyridine rings is 1. The molecular weight excluding hydrogens is 266 g/mol. The second kappa shape index (κ2) is 8.01. The second-order valence-electron chi connectivity index (χ2n) is 4.56. The van der Waals surface area contributed by atoms with Crippen LogP contribution in [0.3, 0.4) is 0 Å². The first-order valence-electron chi connectivity index (χ1n) is 6.86. The van der Waals surface area contributed by atoms with Crippen molar-refractivity contribution >= 4 is 5.91 Å². The van der Waals surface area contributed by atoms with Gasteiger partial charge in [0.25, 0.3) is 5.91 Å². The largest absolute Gasteiger partial charge is 0.484 e. The summed E-state index contributed by atoms with van der Waals surface area (Å²) in [6, 6.07) is 13.1. The van der Waals surface area contributed by atoms with Crippen LogP contribution in [0.15, 0.2) is 48.7 Å². The van der Waals surface area contributed by atoms with E-state index >= 15 is 0 Å². The number of amides is 1. The summed E-state index contributed by atoms with van der Waals surface area (Å²) in [7, 11) is 0. The van der Waals surface area contributed by atoms with Gasteiger partial charge in [-0.2, -0.15) is 0 Å². The molecule has 0 aliphatic carbocycles. The molecule has 2 aromatic rings. The van der Waals surface area contributed by atoms with Gasteiger partial charge in [0, 0.05) is 31.4 Å². The summed E-state index contributed by atoms with van der Waals surface area (Å²) in [5, 5.41) is 2.80. The lowest BCUT2D eigenvalue weighted by molar-refractivity contribution is -0.123. The van der Waals surface area contributed by atoms with E-state index in [1.165, 1.54) is 0 Å². The predicted octanol–water partition coefficient (Wildman–Crippen LogP) is 1.28. The van der Waals surface area contributed by atoms with E-state index in [0.717, 1.165) is 11.3 Å². The molecule has 110 valence electrons. The van der Waals surface area contributed by atoms with Gasteiger partial charge in [0.1, 0.15) is 5.75 Å². The van der Waals surface area contributed by atoms with Crippen molar-refractivity contribution in [2.75, 3.05) is 13.2 Å². The SMILES string of the molecule is NCc1ccc(OCC(=O)NCCc2ccccn2)cc1. The fourth-order valence-corrected chi connectivity index (χ4v) is 1.80. The van der Waals surface area contributed by atoms with E-state index in [1.807, 2.05) is 42.5 Å².